The van der Waals surface area contributed by atoms with Crippen molar-refractivity contribution in [1.82, 2.24) is 4.98 Å². The maximum atomic E-state index is 10.8. The van der Waals surface area contributed by atoms with Crippen molar-refractivity contribution in [1.29, 1.82) is 0 Å². The van der Waals surface area contributed by atoms with Crippen molar-refractivity contribution in [2.24, 2.45) is 0 Å². The molecule has 1 unspecified atom stereocenters. The molecule has 14 heavy (non-hydrogen) atoms. The maximum absolute atomic E-state index is 10.8. The van der Waals surface area contributed by atoms with Gasteiger partial charge in [0.05, 0.1) is 11.7 Å². The maximum Gasteiger partial charge on any atom is 0.337 e. The third-order valence-electron chi connectivity index (χ3n) is 1.97. The normalized spacial score (nSPS) is 12.4. The molecule has 0 saturated heterocycles. The third-order valence-corrected chi connectivity index (χ3v) is 1.97. The van der Waals surface area contributed by atoms with Gasteiger partial charge in [0, 0.05) is 12.4 Å². The van der Waals surface area contributed by atoms with Crippen LogP contribution in [0.3, 0.4) is 0 Å². The molecule has 0 aliphatic heterocycles. The first-order valence-corrected chi connectivity index (χ1v) is 4.45. The number of hydrogen-bond acceptors (Lipinski definition) is 3. The lowest BCUT2D eigenvalue weighted by atomic mass is 10.0. The molecule has 0 aromatic carbocycles. The second-order valence-electron chi connectivity index (χ2n) is 3.23. The summed E-state index contributed by atoms with van der Waals surface area (Å²) < 4.78 is 0. The van der Waals surface area contributed by atoms with Crippen molar-refractivity contribution in [2.45, 2.75) is 25.9 Å². The minimum atomic E-state index is -0.973. The summed E-state index contributed by atoms with van der Waals surface area (Å²) in [5.74, 6) is -0.973. The van der Waals surface area contributed by atoms with Crippen LogP contribution < -0.4 is 0 Å². The summed E-state index contributed by atoms with van der Waals surface area (Å²) in [5.41, 5.74) is 0.932. The predicted molar refractivity (Wildman–Crippen MR) is 51.2 cm³/mol. The first-order chi connectivity index (χ1) is 6.61. The number of carboxylic acid groups (broad SMARTS) is 1. The fourth-order valence-electron chi connectivity index (χ4n) is 1.20. The Morgan fingerprint density at radius 2 is 2.36 bits per heavy atom. The molecule has 2 N–H and O–H groups in total. The Kier molecular flexibility index (Phi) is 3.59. The SMILES string of the molecule is CC(O)CCc1ccncc1C(=O)O. The minimum absolute atomic E-state index is 0.216. The minimum Gasteiger partial charge on any atom is -0.478 e. The van der Waals surface area contributed by atoms with E-state index in [4.69, 9.17) is 10.2 Å². The monoisotopic (exact) mass is 195 g/mol. The number of carbonyl (C=O) groups is 1. The number of aromatic carboxylic acids is 1. The molecular formula is C10H13NO3. The fraction of sp³-hybridized carbons (Fsp3) is 0.400. The van der Waals surface area contributed by atoms with Crippen molar-refractivity contribution >= 4 is 5.97 Å². The molecule has 0 aliphatic carbocycles. The summed E-state index contributed by atoms with van der Waals surface area (Å²) in [6.45, 7) is 1.68. The summed E-state index contributed by atoms with van der Waals surface area (Å²) in [6.07, 6.45) is 3.60. The standard InChI is InChI=1S/C10H13NO3/c1-7(12)2-3-8-4-5-11-6-9(8)10(13)14/h4-7,12H,2-3H2,1H3,(H,13,14). The molecule has 76 valence electrons. The highest BCUT2D eigenvalue weighted by molar-refractivity contribution is 5.88. The van der Waals surface area contributed by atoms with Crippen molar-refractivity contribution < 1.29 is 15.0 Å². The van der Waals surface area contributed by atoms with E-state index >= 15 is 0 Å². The fourth-order valence-corrected chi connectivity index (χ4v) is 1.20. The summed E-state index contributed by atoms with van der Waals surface area (Å²) in [4.78, 5) is 14.5. The van der Waals surface area contributed by atoms with Crippen LogP contribution in [0.5, 0.6) is 0 Å². The van der Waals surface area contributed by atoms with Crippen LogP contribution in [0.4, 0.5) is 0 Å². The Morgan fingerprint density at radius 1 is 1.64 bits per heavy atom. The van der Waals surface area contributed by atoms with Gasteiger partial charge in [-0.25, -0.2) is 4.79 Å². The number of rotatable bonds is 4. The van der Waals surface area contributed by atoms with Crippen LogP contribution in [0, 0.1) is 0 Å². The molecule has 0 aliphatic rings. The molecule has 1 atom stereocenters. The number of hydrogen-bond donors (Lipinski definition) is 2. The highest BCUT2D eigenvalue weighted by Crippen LogP contribution is 2.10. The number of carboxylic acids is 1. The van der Waals surface area contributed by atoms with E-state index in [1.807, 2.05) is 0 Å². The van der Waals surface area contributed by atoms with Gasteiger partial charge in [0.25, 0.3) is 0 Å². The van der Waals surface area contributed by atoms with E-state index in [0.29, 0.717) is 18.4 Å². The van der Waals surface area contributed by atoms with Crippen LogP contribution in [0.15, 0.2) is 18.5 Å². The third kappa shape index (κ3) is 2.81. The van der Waals surface area contributed by atoms with Gasteiger partial charge < -0.3 is 10.2 Å². The van der Waals surface area contributed by atoms with Gasteiger partial charge in [-0.3, -0.25) is 4.98 Å². The van der Waals surface area contributed by atoms with Gasteiger partial charge in [-0.15, -0.1) is 0 Å². The molecule has 1 aromatic heterocycles. The zero-order valence-corrected chi connectivity index (χ0v) is 7.97. The molecule has 1 aromatic rings. The summed E-state index contributed by atoms with van der Waals surface area (Å²) in [5, 5.41) is 17.9. The smallest absolute Gasteiger partial charge is 0.337 e. The average molecular weight is 195 g/mol. The number of pyridine rings is 1. The molecule has 4 nitrogen and oxygen atoms in total. The van der Waals surface area contributed by atoms with Gasteiger partial charge in [0.2, 0.25) is 0 Å². The van der Waals surface area contributed by atoms with Crippen LogP contribution in [-0.2, 0) is 6.42 Å². The lowest BCUT2D eigenvalue weighted by Gasteiger charge is -2.06. The van der Waals surface area contributed by atoms with Gasteiger partial charge in [0.15, 0.2) is 0 Å². The summed E-state index contributed by atoms with van der Waals surface area (Å²) in [6, 6.07) is 1.67. The van der Waals surface area contributed by atoms with E-state index in [1.165, 1.54) is 6.20 Å². The van der Waals surface area contributed by atoms with Gasteiger partial charge in [-0.2, -0.15) is 0 Å². The van der Waals surface area contributed by atoms with E-state index in [2.05, 4.69) is 4.98 Å². The molecular weight excluding hydrogens is 182 g/mol. The quantitative estimate of drug-likeness (QED) is 0.754. The first-order valence-electron chi connectivity index (χ1n) is 4.45. The van der Waals surface area contributed by atoms with Crippen LogP contribution in [0.1, 0.15) is 29.3 Å². The summed E-state index contributed by atoms with van der Waals surface area (Å²) in [7, 11) is 0. The van der Waals surface area contributed by atoms with Crippen molar-refractivity contribution in [3.63, 3.8) is 0 Å². The van der Waals surface area contributed by atoms with E-state index < -0.39 is 12.1 Å². The topological polar surface area (TPSA) is 70.4 Å². The number of aliphatic hydroxyl groups excluding tert-OH is 1. The van der Waals surface area contributed by atoms with E-state index in [0.717, 1.165) is 0 Å². The summed E-state index contributed by atoms with van der Waals surface area (Å²) >= 11 is 0. The van der Waals surface area contributed by atoms with Crippen molar-refractivity contribution in [3.8, 4) is 0 Å². The molecule has 0 saturated carbocycles. The number of aryl methyl sites for hydroxylation is 1. The van der Waals surface area contributed by atoms with Gasteiger partial charge in [-0.1, -0.05) is 0 Å². The second kappa shape index (κ2) is 4.72. The Labute approximate surface area is 82.2 Å². The molecule has 0 amide bonds. The van der Waals surface area contributed by atoms with Gasteiger partial charge in [0.1, 0.15) is 0 Å². The zero-order chi connectivity index (χ0) is 10.6. The first kappa shape index (κ1) is 10.7. The number of aromatic nitrogens is 1. The Balaban J connectivity index is 2.79. The van der Waals surface area contributed by atoms with Gasteiger partial charge in [-0.05, 0) is 31.4 Å². The Morgan fingerprint density at radius 3 is 2.93 bits per heavy atom. The Bertz CT molecular complexity index is 323. The van der Waals surface area contributed by atoms with Crippen LogP contribution in [-0.4, -0.2) is 27.3 Å². The van der Waals surface area contributed by atoms with Crippen molar-refractivity contribution in [2.75, 3.05) is 0 Å². The average Bonchev–Trinajstić information content (AvgIpc) is 2.15. The number of nitrogens with zero attached hydrogens (tertiary/aromatic N) is 1. The van der Waals surface area contributed by atoms with E-state index in [1.54, 1.807) is 19.2 Å². The highest BCUT2D eigenvalue weighted by Gasteiger charge is 2.09. The van der Waals surface area contributed by atoms with Crippen molar-refractivity contribution in [3.05, 3.63) is 29.6 Å². The zero-order valence-electron chi connectivity index (χ0n) is 7.97. The molecule has 4 heteroatoms. The lowest BCUT2D eigenvalue weighted by Crippen LogP contribution is -2.07. The molecule has 0 fully saturated rings. The van der Waals surface area contributed by atoms with Crippen LogP contribution in [0.25, 0.3) is 0 Å². The predicted octanol–water partition coefficient (Wildman–Crippen LogP) is 1.09. The molecule has 1 heterocycles. The lowest BCUT2D eigenvalue weighted by molar-refractivity contribution is 0.0694. The largest absolute Gasteiger partial charge is 0.478 e. The number of aliphatic hydroxyl groups is 1. The Hall–Kier alpha value is -1.42. The molecule has 0 spiro atoms. The molecule has 1 rings (SSSR count). The molecule has 0 radical (unpaired) electrons. The van der Waals surface area contributed by atoms with E-state index in [-0.39, 0.29) is 5.56 Å². The van der Waals surface area contributed by atoms with Crippen LogP contribution in [0.2, 0.25) is 0 Å². The van der Waals surface area contributed by atoms with E-state index in [9.17, 15) is 4.79 Å². The highest BCUT2D eigenvalue weighted by atomic mass is 16.4. The molecule has 0 bridgehead atoms. The van der Waals surface area contributed by atoms with Gasteiger partial charge >= 0.3 is 5.97 Å². The second-order valence-corrected chi connectivity index (χ2v) is 3.23. The van der Waals surface area contributed by atoms with Crippen LogP contribution >= 0.6 is 0 Å².